The Bertz CT molecular complexity index is 844. The normalized spacial score (nSPS) is 14.3. The maximum atomic E-state index is 13.0. The first-order chi connectivity index (χ1) is 12.5. The molecule has 5 heteroatoms. The van der Waals surface area contributed by atoms with E-state index in [2.05, 4.69) is 0 Å². The minimum absolute atomic E-state index is 0.236. The molecule has 0 spiro atoms. The van der Waals surface area contributed by atoms with Crippen LogP contribution in [0.1, 0.15) is 24.5 Å². The van der Waals surface area contributed by atoms with E-state index in [9.17, 15) is 9.59 Å². The van der Waals surface area contributed by atoms with Gasteiger partial charge in [-0.2, -0.15) is 0 Å². The van der Waals surface area contributed by atoms with Crippen molar-refractivity contribution < 1.29 is 9.59 Å². The molecule has 1 aliphatic rings. The van der Waals surface area contributed by atoms with Crippen molar-refractivity contribution in [3.63, 3.8) is 0 Å². The second-order valence-corrected chi connectivity index (χ2v) is 6.77. The van der Waals surface area contributed by atoms with Crippen LogP contribution in [0.4, 0.5) is 0 Å². The Kier molecular flexibility index (Phi) is 5.43. The van der Waals surface area contributed by atoms with E-state index in [4.69, 9.17) is 11.6 Å². The van der Waals surface area contributed by atoms with Crippen LogP contribution in [0.5, 0.6) is 0 Å². The van der Waals surface area contributed by atoms with E-state index < -0.39 is 0 Å². The minimum atomic E-state index is -0.242. The van der Waals surface area contributed by atoms with Gasteiger partial charge < -0.3 is 4.90 Å². The van der Waals surface area contributed by atoms with E-state index in [-0.39, 0.29) is 11.8 Å². The van der Waals surface area contributed by atoms with Crippen LogP contribution in [-0.2, 0) is 16.1 Å². The quantitative estimate of drug-likeness (QED) is 0.724. The third-order valence-corrected chi connectivity index (χ3v) is 4.62. The fourth-order valence-corrected chi connectivity index (χ4v) is 3.28. The summed E-state index contributed by atoms with van der Waals surface area (Å²) >= 11 is 5.98. The molecule has 0 unspecified atom stereocenters. The number of carbonyl (C=O) groups excluding carboxylic acids is 2. The van der Waals surface area contributed by atoms with Crippen molar-refractivity contribution in [3.8, 4) is 0 Å². The summed E-state index contributed by atoms with van der Waals surface area (Å²) in [5.41, 5.74) is 2.67. The number of hydrogen-bond acceptors (Lipinski definition) is 3. The third kappa shape index (κ3) is 3.51. The van der Waals surface area contributed by atoms with Crippen molar-refractivity contribution >= 4 is 29.0 Å². The molecule has 134 valence electrons. The first-order valence-electron chi connectivity index (χ1n) is 8.64. The Morgan fingerprint density at radius 3 is 2.23 bits per heavy atom. The lowest BCUT2D eigenvalue weighted by molar-refractivity contribution is -0.137. The standard InChI is InChI=1S/C21H21ClN2O2/c1-3-13-24-20(25)18(16-9-11-17(22)12-10-16)19(21(24)26)23(2)14-15-7-5-4-6-8-15/h4-12H,3,13-14H2,1-2H3. The van der Waals surface area contributed by atoms with Crippen LogP contribution in [0, 0.1) is 0 Å². The molecule has 0 fully saturated rings. The average molecular weight is 369 g/mol. The molecule has 0 radical (unpaired) electrons. The van der Waals surface area contributed by atoms with Crippen LogP contribution in [0.25, 0.3) is 5.57 Å². The third-order valence-electron chi connectivity index (χ3n) is 4.37. The molecule has 0 aliphatic carbocycles. The molecule has 0 saturated heterocycles. The lowest BCUT2D eigenvalue weighted by Crippen LogP contribution is -2.34. The summed E-state index contributed by atoms with van der Waals surface area (Å²) in [5.74, 6) is -0.477. The summed E-state index contributed by atoms with van der Waals surface area (Å²) in [7, 11) is 1.85. The van der Waals surface area contributed by atoms with E-state index in [0.29, 0.717) is 34.9 Å². The van der Waals surface area contributed by atoms with Crippen LogP contribution >= 0.6 is 11.6 Å². The van der Waals surface area contributed by atoms with Crippen LogP contribution in [0.3, 0.4) is 0 Å². The highest BCUT2D eigenvalue weighted by Gasteiger charge is 2.40. The Morgan fingerprint density at radius 1 is 0.962 bits per heavy atom. The number of halogens is 1. The van der Waals surface area contributed by atoms with Crippen molar-refractivity contribution in [2.75, 3.05) is 13.6 Å². The molecule has 26 heavy (non-hydrogen) atoms. The van der Waals surface area contributed by atoms with Crippen molar-refractivity contribution in [3.05, 3.63) is 76.4 Å². The van der Waals surface area contributed by atoms with Gasteiger partial charge in [-0.05, 0) is 29.7 Å². The smallest absolute Gasteiger partial charge is 0.277 e. The molecule has 2 amide bonds. The highest BCUT2D eigenvalue weighted by Crippen LogP contribution is 2.32. The second-order valence-electron chi connectivity index (χ2n) is 6.33. The maximum Gasteiger partial charge on any atom is 0.277 e. The zero-order valence-corrected chi connectivity index (χ0v) is 15.7. The van der Waals surface area contributed by atoms with Crippen molar-refractivity contribution in [2.24, 2.45) is 0 Å². The van der Waals surface area contributed by atoms with Gasteiger partial charge in [0.25, 0.3) is 11.8 Å². The molecule has 4 nitrogen and oxygen atoms in total. The highest BCUT2D eigenvalue weighted by molar-refractivity contribution is 6.36. The van der Waals surface area contributed by atoms with Crippen LogP contribution in [0.2, 0.25) is 5.02 Å². The fraction of sp³-hybridized carbons (Fsp3) is 0.238. The zero-order valence-electron chi connectivity index (χ0n) is 14.9. The monoisotopic (exact) mass is 368 g/mol. The van der Waals surface area contributed by atoms with E-state index in [0.717, 1.165) is 12.0 Å². The zero-order chi connectivity index (χ0) is 18.7. The van der Waals surface area contributed by atoms with Gasteiger partial charge in [0.05, 0.1) is 5.57 Å². The van der Waals surface area contributed by atoms with E-state index in [1.165, 1.54) is 4.90 Å². The number of likely N-dealkylation sites (N-methyl/N-ethyl adjacent to an activating group) is 1. The Hall–Kier alpha value is -2.59. The molecule has 3 rings (SSSR count). The first kappa shape index (κ1) is 18.2. The number of imide groups is 1. The Morgan fingerprint density at radius 2 is 1.62 bits per heavy atom. The molecule has 0 atom stereocenters. The number of amides is 2. The summed E-state index contributed by atoms with van der Waals surface area (Å²) in [6.07, 6.45) is 0.723. The van der Waals surface area contributed by atoms with E-state index in [1.54, 1.807) is 24.3 Å². The van der Waals surface area contributed by atoms with Crippen LogP contribution in [-0.4, -0.2) is 35.2 Å². The summed E-state index contributed by atoms with van der Waals surface area (Å²) in [6, 6.07) is 16.9. The highest BCUT2D eigenvalue weighted by atomic mass is 35.5. The largest absolute Gasteiger partial charge is 0.365 e. The Balaban J connectivity index is 2.03. The van der Waals surface area contributed by atoms with Crippen molar-refractivity contribution in [1.29, 1.82) is 0 Å². The van der Waals surface area contributed by atoms with Gasteiger partial charge in [-0.25, -0.2) is 0 Å². The van der Waals surface area contributed by atoms with Gasteiger partial charge in [-0.1, -0.05) is 61.0 Å². The lowest BCUT2D eigenvalue weighted by atomic mass is 10.0. The number of nitrogens with zero attached hydrogens (tertiary/aromatic N) is 2. The van der Waals surface area contributed by atoms with Gasteiger partial charge >= 0.3 is 0 Å². The Labute approximate surface area is 158 Å². The SMILES string of the molecule is CCCN1C(=O)C(c2ccc(Cl)cc2)=C(N(C)Cc2ccccc2)C1=O. The van der Waals surface area contributed by atoms with Gasteiger partial charge in [0.2, 0.25) is 0 Å². The second kappa shape index (κ2) is 7.75. The summed E-state index contributed by atoms with van der Waals surface area (Å²) in [4.78, 5) is 29.1. The summed E-state index contributed by atoms with van der Waals surface area (Å²) in [6.45, 7) is 2.91. The maximum absolute atomic E-state index is 13.0. The van der Waals surface area contributed by atoms with E-state index in [1.807, 2.05) is 49.2 Å². The minimum Gasteiger partial charge on any atom is -0.365 e. The molecule has 0 saturated carbocycles. The number of carbonyl (C=O) groups is 2. The van der Waals surface area contributed by atoms with Gasteiger partial charge in [0.15, 0.2) is 0 Å². The van der Waals surface area contributed by atoms with E-state index >= 15 is 0 Å². The number of rotatable bonds is 6. The van der Waals surface area contributed by atoms with Gasteiger partial charge in [-0.3, -0.25) is 14.5 Å². The molecule has 0 aromatic heterocycles. The molecule has 1 heterocycles. The predicted octanol–water partition coefficient (Wildman–Crippen LogP) is 3.96. The van der Waals surface area contributed by atoms with Gasteiger partial charge in [0, 0.05) is 25.2 Å². The lowest BCUT2D eigenvalue weighted by Gasteiger charge is -2.21. The predicted molar refractivity (Wildman–Crippen MR) is 103 cm³/mol. The summed E-state index contributed by atoms with van der Waals surface area (Å²) in [5, 5.41) is 0.593. The van der Waals surface area contributed by atoms with Crippen molar-refractivity contribution in [1.82, 2.24) is 9.80 Å². The van der Waals surface area contributed by atoms with Gasteiger partial charge in [0.1, 0.15) is 5.70 Å². The molecule has 0 bridgehead atoms. The molecule has 1 aliphatic heterocycles. The fourth-order valence-electron chi connectivity index (χ4n) is 3.16. The first-order valence-corrected chi connectivity index (χ1v) is 9.02. The van der Waals surface area contributed by atoms with Gasteiger partial charge in [-0.15, -0.1) is 0 Å². The molecule has 2 aromatic carbocycles. The number of benzene rings is 2. The topological polar surface area (TPSA) is 40.6 Å². The van der Waals surface area contributed by atoms with Crippen LogP contribution in [0.15, 0.2) is 60.3 Å². The average Bonchev–Trinajstić information content (AvgIpc) is 2.88. The van der Waals surface area contributed by atoms with Crippen LogP contribution < -0.4 is 0 Å². The molecule has 2 aromatic rings. The molecular formula is C21H21ClN2O2. The molecule has 0 N–H and O–H groups in total. The van der Waals surface area contributed by atoms with Crippen molar-refractivity contribution in [2.45, 2.75) is 19.9 Å². The number of hydrogen-bond donors (Lipinski definition) is 0. The summed E-state index contributed by atoms with van der Waals surface area (Å²) < 4.78 is 0. The molecular weight excluding hydrogens is 348 g/mol.